The van der Waals surface area contributed by atoms with Crippen molar-refractivity contribution in [2.24, 2.45) is 0 Å². The Hall–Kier alpha value is -0.780. The van der Waals surface area contributed by atoms with Crippen molar-refractivity contribution in [2.45, 2.75) is 39.0 Å². The van der Waals surface area contributed by atoms with E-state index in [0.29, 0.717) is 0 Å². The van der Waals surface area contributed by atoms with Crippen LogP contribution in [-0.2, 0) is 0 Å². The minimum Gasteiger partial charge on any atom is -0.103 e. The zero-order valence-electron chi connectivity index (χ0n) is 8.13. The summed E-state index contributed by atoms with van der Waals surface area (Å²) in [5.41, 5.74) is 0. The molecule has 0 aliphatic rings. The lowest BCUT2D eigenvalue weighted by Gasteiger charge is -1.87. The number of unbranched alkanes of at least 4 members (excludes halogenated alkanes) is 3. The van der Waals surface area contributed by atoms with Crippen molar-refractivity contribution in [3.8, 4) is 0 Å². The van der Waals surface area contributed by atoms with Crippen LogP contribution in [0.5, 0.6) is 0 Å². The van der Waals surface area contributed by atoms with Crippen molar-refractivity contribution in [2.75, 3.05) is 0 Å². The Bertz CT molecular complexity index is 140. The molecule has 0 aromatic heterocycles. The zero-order chi connectivity index (χ0) is 9.07. The second-order valence-corrected chi connectivity index (χ2v) is 2.86. The predicted octanol–water partition coefficient (Wildman–Crippen LogP) is 4.26. The summed E-state index contributed by atoms with van der Waals surface area (Å²) in [5.74, 6) is 0. The maximum Gasteiger partial charge on any atom is -0.0345 e. The molecule has 0 bridgehead atoms. The molecular weight excluding hydrogens is 144 g/mol. The van der Waals surface area contributed by atoms with Crippen molar-refractivity contribution in [3.63, 3.8) is 0 Å². The van der Waals surface area contributed by atoms with Gasteiger partial charge in [-0.15, -0.1) is 6.58 Å². The molecule has 0 heteroatoms. The molecule has 0 heterocycles. The van der Waals surface area contributed by atoms with Crippen molar-refractivity contribution in [1.82, 2.24) is 0 Å². The Kier molecular flexibility index (Phi) is 9.56. The van der Waals surface area contributed by atoms with Crippen LogP contribution in [0.3, 0.4) is 0 Å². The maximum atomic E-state index is 3.68. The van der Waals surface area contributed by atoms with Crippen molar-refractivity contribution in [1.29, 1.82) is 0 Å². The summed E-state index contributed by atoms with van der Waals surface area (Å²) in [7, 11) is 0. The summed E-state index contributed by atoms with van der Waals surface area (Å²) in [6, 6.07) is 0. The maximum absolute atomic E-state index is 3.68. The topological polar surface area (TPSA) is 0 Å². The summed E-state index contributed by atoms with van der Waals surface area (Å²) in [5, 5.41) is 0. The molecule has 0 nitrogen and oxygen atoms in total. The van der Waals surface area contributed by atoms with Crippen LogP contribution in [0.1, 0.15) is 39.0 Å². The quantitative estimate of drug-likeness (QED) is 0.300. The molecular formula is C12H20. The molecule has 0 spiro atoms. The molecule has 0 rings (SSSR count). The van der Waals surface area contributed by atoms with E-state index in [-0.39, 0.29) is 0 Å². The zero-order valence-corrected chi connectivity index (χ0v) is 8.13. The second kappa shape index (κ2) is 10.2. The van der Waals surface area contributed by atoms with E-state index in [9.17, 15) is 0 Å². The highest BCUT2D eigenvalue weighted by atomic mass is 13.8. The van der Waals surface area contributed by atoms with Gasteiger partial charge in [0.1, 0.15) is 0 Å². The monoisotopic (exact) mass is 164 g/mol. The van der Waals surface area contributed by atoms with Crippen LogP contribution in [0.4, 0.5) is 0 Å². The Morgan fingerprint density at radius 3 is 2.25 bits per heavy atom. The Morgan fingerprint density at radius 2 is 1.67 bits per heavy atom. The SMILES string of the molecule is C=CCCC/C=C/C=C\CCC. The van der Waals surface area contributed by atoms with Gasteiger partial charge in [0.2, 0.25) is 0 Å². The minimum atomic E-state index is 1.13. The van der Waals surface area contributed by atoms with Gasteiger partial charge in [-0.1, -0.05) is 43.7 Å². The Balaban J connectivity index is 3.18. The number of hydrogen-bond donors (Lipinski definition) is 0. The van der Waals surface area contributed by atoms with Gasteiger partial charge < -0.3 is 0 Å². The van der Waals surface area contributed by atoms with Gasteiger partial charge >= 0.3 is 0 Å². The fourth-order valence-corrected chi connectivity index (χ4v) is 0.896. The largest absolute Gasteiger partial charge is 0.103 e. The number of rotatable bonds is 7. The molecule has 0 saturated heterocycles. The van der Waals surface area contributed by atoms with Crippen LogP contribution in [0.2, 0.25) is 0 Å². The second-order valence-electron chi connectivity index (χ2n) is 2.86. The molecule has 0 atom stereocenters. The molecule has 0 saturated carbocycles. The number of hydrogen-bond acceptors (Lipinski definition) is 0. The van der Waals surface area contributed by atoms with Crippen LogP contribution >= 0.6 is 0 Å². The van der Waals surface area contributed by atoms with E-state index in [1.54, 1.807) is 0 Å². The van der Waals surface area contributed by atoms with E-state index in [4.69, 9.17) is 0 Å². The standard InChI is InChI=1S/C12H20/c1-3-5-7-9-11-12-10-8-6-4-2/h3,8,10-12H,1,4-7,9H2,2H3/b10-8-,12-11+. The van der Waals surface area contributed by atoms with Gasteiger partial charge in [0, 0.05) is 0 Å². The highest BCUT2D eigenvalue weighted by Crippen LogP contribution is 1.97. The fourth-order valence-electron chi connectivity index (χ4n) is 0.896. The predicted molar refractivity (Wildman–Crippen MR) is 57.2 cm³/mol. The average molecular weight is 164 g/mol. The first-order valence-corrected chi connectivity index (χ1v) is 4.84. The van der Waals surface area contributed by atoms with Gasteiger partial charge in [-0.3, -0.25) is 0 Å². The van der Waals surface area contributed by atoms with Gasteiger partial charge in [0.25, 0.3) is 0 Å². The lowest BCUT2D eigenvalue weighted by atomic mass is 10.2. The third-order valence-corrected chi connectivity index (χ3v) is 1.62. The lowest BCUT2D eigenvalue weighted by Crippen LogP contribution is -1.66. The normalized spacial score (nSPS) is 11.4. The van der Waals surface area contributed by atoms with Gasteiger partial charge in [0.05, 0.1) is 0 Å². The van der Waals surface area contributed by atoms with Gasteiger partial charge in [-0.2, -0.15) is 0 Å². The minimum absolute atomic E-state index is 1.13. The lowest BCUT2D eigenvalue weighted by molar-refractivity contribution is 0.869. The average Bonchev–Trinajstić information content (AvgIpc) is 2.10. The molecule has 0 unspecified atom stereocenters. The van der Waals surface area contributed by atoms with E-state index in [0.717, 1.165) is 6.42 Å². The molecule has 0 aromatic carbocycles. The van der Waals surface area contributed by atoms with Crippen molar-refractivity contribution in [3.05, 3.63) is 37.0 Å². The van der Waals surface area contributed by atoms with Crippen LogP contribution in [-0.4, -0.2) is 0 Å². The van der Waals surface area contributed by atoms with Gasteiger partial charge in [-0.05, 0) is 25.7 Å². The third kappa shape index (κ3) is 9.22. The Morgan fingerprint density at radius 1 is 1.00 bits per heavy atom. The molecule has 0 aromatic rings. The van der Waals surface area contributed by atoms with Gasteiger partial charge in [-0.25, -0.2) is 0 Å². The first-order chi connectivity index (χ1) is 5.91. The van der Waals surface area contributed by atoms with E-state index in [2.05, 4.69) is 37.8 Å². The summed E-state index contributed by atoms with van der Waals surface area (Å²) in [4.78, 5) is 0. The van der Waals surface area contributed by atoms with Crippen molar-refractivity contribution < 1.29 is 0 Å². The Labute approximate surface area is 76.7 Å². The first-order valence-electron chi connectivity index (χ1n) is 4.84. The third-order valence-electron chi connectivity index (χ3n) is 1.62. The highest BCUT2D eigenvalue weighted by molar-refractivity contribution is 5.02. The number of allylic oxidation sites excluding steroid dienone is 5. The highest BCUT2D eigenvalue weighted by Gasteiger charge is 1.77. The molecule has 68 valence electrons. The van der Waals surface area contributed by atoms with E-state index < -0.39 is 0 Å². The molecule has 0 radical (unpaired) electrons. The fraction of sp³-hybridized carbons (Fsp3) is 0.500. The molecule has 0 aliphatic carbocycles. The molecule has 0 amide bonds. The smallest absolute Gasteiger partial charge is 0.0345 e. The first kappa shape index (κ1) is 11.2. The molecule has 0 aliphatic heterocycles. The van der Waals surface area contributed by atoms with E-state index in [1.807, 2.05) is 6.08 Å². The molecule has 0 N–H and O–H groups in total. The molecule has 0 fully saturated rings. The summed E-state index contributed by atoms with van der Waals surface area (Å²) < 4.78 is 0. The van der Waals surface area contributed by atoms with Crippen molar-refractivity contribution >= 4 is 0 Å². The summed E-state index contributed by atoms with van der Waals surface area (Å²) in [6.45, 7) is 5.87. The van der Waals surface area contributed by atoms with Crippen LogP contribution in [0.25, 0.3) is 0 Å². The van der Waals surface area contributed by atoms with E-state index >= 15 is 0 Å². The molecule has 12 heavy (non-hydrogen) atoms. The summed E-state index contributed by atoms with van der Waals surface area (Å²) >= 11 is 0. The van der Waals surface area contributed by atoms with Crippen LogP contribution < -0.4 is 0 Å². The van der Waals surface area contributed by atoms with Gasteiger partial charge in [0.15, 0.2) is 0 Å². The summed E-state index contributed by atoms with van der Waals surface area (Å²) in [6.07, 6.45) is 16.6. The van der Waals surface area contributed by atoms with Crippen LogP contribution in [0.15, 0.2) is 37.0 Å². The van der Waals surface area contributed by atoms with E-state index in [1.165, 1.54) is 25.7 Å². The van der Waals surface area contributed by atoms with Crippen LogP contribution in [0, 0.1) is 0 Å².